The average Bonchev–Trinajstić information content (AvgIpc) is 2.52. The number of allylic oxidation sites excluding steroid dienone is 2. The molecule has 14 heavy (non-hydrogen) atoms. The molecule has 0 unspecified atom stereocenters. The van der Waals surface area contributed by atoms with E-state index in [-0.39, 0.29) is 11.6 Å². The van der Waals surface area contributed by atoms with Crippen molar-refractivity contribution >= 4 is 0 Å². The highest BCUT2D eigenvalue weighted by molar-refractivity contribution is 5.20. The molecule has 0 aliphatic carbocycles. The Morgan fingerprint density at radius 2 is 2.36 bits per heavy atom. The first kappa shape index (κ1) is 10.5. The van der Waals surface area contributed by atoms with Gasteiger partial charge in [-0.2, -0.15) is 0 Å². The van der Waals surface area contributed by atoms with Gasteiger partial charge in [0.1, 0.15) is 6.67 Å². The van der Waals surface area contributed by atoms with Gasteiger partial charge in [-0.1, -0.05) is 0 Å². The van der Waals surface area contributed by atoms with Crippen molar-refractivity contribution in [3.8, 4) is 0 Å². The van der Waals surface area contributed by atoms with E-state index in [0.29, 0.717) is 0 Å². The van der Waals surface area contributed by atoms with Crippen molar-refractivity contribution in [1.29, 1.82) is 0 Å². The molecule has 0 aromatic carbocycles. The summed E-state index contributed by atoms with van der Waals surface area (Å²) in [4.78, 5) is 10.6. The van der Waals surface area contributed by atoms with Crippen LogP contribution in [0.3, 0.4) is 0 Å². The number of aromatic nitrogens is 1. The lowest BCUT2D eigenvalue weighted by Gasteiger charge is -2.19. The summed E-state index contributed by atoms with van der Waals surface area (Å²) in [6, 6.07) is 0. The largest absolute Gasteiger partial charge is 0.542 e. The molecule has 0 saturated heterocycles. The minimum Gasteiger partial charge on any atom is -0.401 e. The standard InChI is InChI=1S/C8H11FN2O3/c1-8(2,5(10)3-4-9)6-11-14-7(12)13-6/h3H,4,10H2,1-2H3/b5-3-. The maximum atomic E-state index is 12.0. The topological polar surface area (TPSA) is 82.3 Å². The van der Waals surface area contributed by atoms with E-state index in [4.69, 9.17) is 5.73 Å². The van der Waals surface area contributed by atoms with E-state index in [1.165, 1.54) is 6.08 Å². The number of nitrogens with two attached hydrogens (primary N) is 1. The Labute approximate surface area is 79.4 Å². The average molecular weight is 202 g/mol. The van der Waals surface area contributed by atoms with Gasteiger partial charge >= 0.3 is 5.82 Å². The van der Waals surface area contributed by atoms with E-state index < -0.39 is 17.9 Å². The van der Waals surface area contributed by atoms with Crippen molar-refractivity contribution in [1.82, 2.24) is 5.16 Å². The Hall–Kier alpha value is -1.59. The molecule has 0 saturated carbocycles. The first-order chi connectivity index (χ1) is 6.48. The van der Waals surface area contributed by atoms with Crippen LogP contribution in [-0.2, 0) is 5.41 Å². The van der Waals surface area contributed by atoms with Gasteiger partial charge in [-0.05, 0) is 25.1 Å². The summed E-state index contributed by atoms with van der Waals surface area (Å²) in [5, 5.41) is 3.39. The Bertz CT molecular complexity index is 391. The van der Waals surface area contributed by atoms with Crippen LogP contribution in [0.15, 0.2) is 25.5 Å². The molecular weight excluding hydrogens is 191 g/mol. The highest BCUT2D eigenvalue weighted by Crippen LogP contribution is 2.25. The van der Waals surface area contributed by atoms with Crippen molar-refractivity contribution in [3.63, 3.8) is 0 Å². The Morgan fingerprint density at radius 3 is 2.79 bits per heavy atom. The molecule has 78 valence electrons. The molecule has 0 aliphatic rings. The summed E-state index contributed by atoms with van der Waals surface area (Å²) in [5.74, 6) is -0.870. The molecule has 0 fully saturated rings. The van der Waals surface area contributed by atoms with Crippen LogP contribution in [0.2, 0.25) is 0 Å². The molecule has 0 amide bonds. The summed E-state index contributed by atoms with van der Waals surface area (Å²) >= 11 is 0. The molecule has 2 N–H and O–H groups in total. The summed E-state index contributed by atoms with van der Waals surface area (Å²) in [6.45, 7) is 2.61. The SMILES string of the molecule is CC(C)(/C(N)=C/CF)c1noc(=O)o1. The number of alkyl halides is 1. The zero-order valence-corrected chi connectivity index (χ0v) is 7.91. The van der Waals surface area contributed by atoms with Crippen LogP contribution in [0.25, 0.3) is 0 Å². The Kier molecular flexibility index (Phi) is 2.73. The van der Waals surface area contributed by atoms with Crippen molar-refractivity contribution in [2.45, 2.75) is 19.3 Å². The van der Waals surface area contributed by atoms with Gasteiger partial charge in [0.05, 0.1) is 5.41 Å². The van der Waals surface area contributed by atoms with Gasteiger partial charge in [0.15, 0.2) is 0 Å². The molecule has 1 heterocycles. The van der Waals surface area contributed by atoms with Crippen LogP contribution in [0.1, 0.15) is 19.7 Å². The monoisotopic (exact) mass is 202 g/mol. The molecule has 0 spiro atoms. The molecule has 0 bridgehead atoms. The lowest BCUT2D eigenvalue weighted by molar-refractivity contribution is 0.331. The van der Waals surface area contributed by atoms with Crippen molar-refractivity contribution in [3.05, 3.63) is 28.3 Å². The number of hydrogen-bond acceptors (Lipinski definition) is 5. The normalized spacial score (nSPS) is 13.2. The summed E-state index contributed by atoms with van der Waals surface area (Å²) in [6.07, 6.45) is 1.19. The molecule has 6 heteroatoms. The van der Waals surface area contributed by atoms with Crippen LogP contribution >= 0.6 is 0 Å². The molecule has 0 atom stereocenters. The second-order valence-electron chi connectivity index (χ2n) is 3.28. The van der Waals surface area contributed by atoms with Crippen LogP contribution in [0, 0.1) is 0 Å². The second kappa shape index (κ2) is 3.65. The number of halogens is 1. The maximum absolute atomic E-state index is 12.0. The minimum atomic E-state index is -0.902. The smallest absolute Gasteiger partial charge is 0.401 e. The van der Waals surface area contributed by atoms with E-state index >= 15 is 0 Å². The fraction of sp³-hybridized carbons (Fsp3) is 0.500. The van der Waals surface area contributed by atoms with Crippen LogP contribution in [0.4, 0.5) is 4.39 Å². The lowest BCUT2D eigenvalue weighted by Crippen LogP contribution is -2.26. The molecule has 1 aromatic heterocycles. The van der Waals surface area contributed by atoms with Crippen LogP contribution < -0.4 is 11.6 Å². The predicted molar refractivity (Wildman–Crippen MR) is 46.3 cm³/mol. The molecular formula is C8H11FN2O3. The van der Waals surface area contributed by atoms with E-state index in [0.717, 1.165) is 0 Å². The second-order valence-corrected chi connectivity index (χ2v) is 3.28. The fourth-order valence-corrected chi connectivity index (χ4v) is 0.898. The van der Waals surface area contributed by atoms with E-state index in [1.54, 1.807) is 13.8 Å². The van der Waals surface area contributed by atoms with Gasteiger partial charge in [-0.25, -0.2) is 9.18 Å². The Balaban J connectivity index is 3.07. The third-order valence-electron chi connectivity index (χ3n) is 1.94. The zero-order valence-electron chi connectivity index (χ0n) is 7.91. The summed E-state index contributed by atoms with van der Waals surface area (Å²) in [7, 11) is 0. The lowest BCUT2D eigenvalue weighted by atomic mass is 9.89. The molecule has 1 aromatic rings. The number of rotatable bonds is 3. The van der Waals surface area contributed by atoms with Crippen LogP contribution in [-0.4, -0.2) is 11.8 Å². The van der Waals surface area contributed by atoms with Crippen LogP contribution in [0.5, 0.6) is 0 Å². The quantitative estimate of drug-likeness (QED) is 0.780. The van der Waals surface area contributed by atoms with Gasteiger partial charge in [0.2, 0.25) is 0 Å². The predicted octanol–water partition coefficient (Wildman–Crippen LogP) is 0.718. The first-order valence-electron chi connectivity index (χ1n) is 3.98. The third kappa shape index (κ3) is 1.84. The van der Waals surface area contributed by atoms with E-state index in [9.17, 15) is 9.18 Å². The number of hydrogen-bond donors (Lipinski definition) is 1. The van der Waals surface area contributed by atoms with E-state index in [2.05, 4.69) is 14.1 Å². The van der Waals surface area contributed by atoms with Gasteiger partial charge in [-0.15, -0.1) is 0 Å². The van der Waals surface area contributed by atoms with Gasteiger partial charge in [-0.3, -0.25) is 4.52 Å². The van der Waals surface area contributed by atoms with Gasteiger partial charge in [0.25, 0.3) is 5.89 Å². The molecule has 5 nitrogen and oxygen atoms in total. The summed E-state index contributed by atoms with van der Waals surface area (Å²) in [5.41, 5.74) is 4.97. The van der Waals surface area contributed by atoms with Crippen molar-refractivity contribution < 1.29 is 13.3 Å². The van der Waals surface area contributed by atoms with Crippen molar-refractivity contribution in [2.75, 3.05) is 6.67 Å². The van der Waals surface area contributed by atoms with Gasteiger partial charge in [0, 0.05) is 5.70 Å². The highest BCUT2D eigenvalue weighted by atomic mass is 19.1. The first-order valence-corrected chi connectivity index (χ1v) is 3.98. The fourth-order valence-electron chi connectivity index (χ4n) is 0.898. The molecule has 0 aliphatic heterocycles. The molecule has 1 rings (SSSR count). The van der Waals surface area contributed by atoms with Gasteiger partial charge < -0.3 is 10.2 Å². The maximum Gasteiger partial charge on any atom is 0.542 e. The van der Waals surface area contributed by atoms with Crippen molar-refractivity contribution in [2.24, 2.45) is 5.73 Å². The number of nitrogens with zero attached hydrogens (tertiary/aromatic N) is 1. The Morgan fingerprint density at radius 1 is 1.71 bits per heavy atom. The minimum absolute atomic E-state index is 0.0321. The van der Waals surface area contributed by atoms with E-state index in [1.807, 2.05) is 0 Å². The molecule has 0 radical (unpaired) electrons. The zero-order chi connectivity index (χ0) is 10.8. The third-order valence-corrected chi connectivity index (χ3v) is 1.94. The summed E-state index contributed by atoms with van der Waals surface area (Å²) < 4.78 is 20.9. The highest BCUT2D eigenvalue weighted by Gasteiger charge is 2.30.